The summed E-state index contributed by atoms with van der Waals surface area (Å²) in [7, 11) is 1.68. The van der Waals surface area contributed by atoms with Gasteiger partial charge in [0.2, 0.25) is 0 Å². The van der Waals surface area contributed by atoms with Gasteiger partial charge in [0.05, 0.1) is 37.2 Å². The van der Waals surface area contributed by atoms with Gasteiger partial charge in [0.25, 0.3) is 0 Å². The Labute approximate surface area is 172 Å². The minimum Gasteiger partial charge on any atom is -0.497 e. The minimum absolute atomic E-state index is 0. The number of methoxy groups -OCH3 is 1. The number of hydrogen-bond donors (Lipinski definition) is 1. The normalized spacial score (nSPS) is 14.6. The van der Waals surface area contributed by atoms with E-state index in [4.69, 9.17) is 4.74 Å². The van der Waals surface area contributed by atoms with Crippen LogP contribution in [0.2, 0.25) is 0 Å². The molecular weight excluding hydrogens is 374 g/mol. The number of aromatic amines is 1. The Kier molecular flexibility index (Phi) is 7.12. The molecule has 0 bridgehead atoms. The number of benzene rings is 1. The summed E-state index contributed by atoms with van der Waals surface area (Å²) in [5.41, 5.74) is 4.28. The zero-order chi connectivity index (χ0) is 18.5. The highest BCUT2D eigenvalue weighted by Gasteiger charge is 2.15. The molecule has 0 radical (unpaired) electrons. The minimum atomic E-state index is 0. The van der Waals surface area contributed by atoms with E-state index in [9.17, 15) is 0 Å². The fourth-order valence-electron chi connectivity index (χ4n) is 3.83. The molecule has 0 aliphatic carbocycles. The van der Waals surface area contributed by atoms with Crippen LogP contribution in [0.1, 0.15) is 25.7 Å². The van der Waals surface area contributed by atoms with Crippen molar-refractivity contribution in [1.82, 2.24) is 24.6 Å². The predicted molar refractivity (Wildman–Crippen MR) is 114 cm³/mol. The van der Waals surface area contributed by atoms with Crippen molar-refractivity contribution in [3.63, 3.8) is 0 Å². The lowest BCUT2D eigenvalue weighted by atomic mass is 10.1. The summed E-state index contributed by atoms with van der Waals surface area (Å²) >= 11 is 0. The Morgan fingerprint density at radius 2 is 1.82 bits per heavy atom. The maximum atomic E-state index is 5.26. The van der Waals surface area contributed by atoms with Crippen molar-refractivity contribution in [2.24, 2.45) is 0 Å². The molecule has 1 saturated heterocycles. The molecule has 4 rings (SSSR count). The standard InChI is InChI=1S/C21H27N5O.ClH/c1-27-18-8-6-17(7-9-18)21-19(14-23-24-21)20-15-22-16-26(20)13-5-12-25-10-3-2-4-11-25;/h6-9,14-16H,2-5,10-13H2,1H3,(H,23,24);1H. The van der Waals surface area contributed by atoms with Gasteiger partial charge in [0.1, 0.15) is 5.75 Å². The quantitative estimate of drug-likeness (QED) is 0.643. The summed E-state index contributed by atoms with van der Waals surface area (Å²) in [6.45, 7) is 4.63. The number of imidazole rings is 1. The van der Waals surface area contributed by atoms with Crippen LogP contribution in [0, 0.1) is 0 Å². The number of likely N-dealkylation sites (tertiary alicyclic amines) is 1. The number of aromatic nitrogens is 4. The van der Waals surface area contributed by atoms with Gasteiger partial charge in [0, 0.05) is 17.7 Å². The summed E-state index contributed by atoms with van der Waals surface area (Å²) in [6, 6.07) is 8.03. The van der Waals surface area contributed by atoms with E-state index in [0.29, 0.717) is 0 Å². The molecule has 1 aromatic carbocycles. The monoisotopic (exact) mass is 401 g/mol. The summed E-state index contributed by atoms with van der Waals surface area (Å²) in [6.07, 6.45) is 11.0. The molecule has 3 heterocycles. The fraction of sp³-hybridized carbons (Fsp3) is 0.429. The van der Waals surface area contributed by atoms with Gasteiger partial charge in [-0.15, -0.1) is 12.4 Å². The number of H-pyrrole nitrogens is 1. The zero-order valence-corrected chi connectivity index (χ0v) is 17.1. The molecule has 3 aromatic rings. The smallest absolute Gasteiger partial charge is 0.118 e. The summed E-state index contributed by atoms with van der Waals surface area (Å²) in [5, 5.41) is 7.43. The van der Waals surface area contributed by atoms with Crippen LogP contribution in [0.15, 0.2) is 43.0 Å². The predicted octanol–water partition coefficient (Wildman–Crippen LogP) is 4.25. The van der Waals surface area contributed by atoms with Gasteiger partial charge in [0.15, 0.2) is 0 Å². The molecule has 6 nitrogen and oxygen atoms in total. The van der Waals surface area contributed by atoms with Gasteiger partial charge >= 0.3 is 0 Å². The van der Waals surface area contributed by atoms with Crippen LogP contribution in [-0.2, 0) is 6.54 Å². The SMILES string of the molecule is COc1ccc(-c2[nH]ncc2-c2cncn2CCCN2CCCCC2)cc1.Cl. The van der Waals surface area contributed by atoms with Crippen LogP contribution < -0.4 is 4.74 Å². The van der Waals surface area contributed by atoms with Crippen molar-refractivity contribution in [2.75, 3.05) is 26.7 Å². The fourth-order valence-corrected chi connectivity index (χ4v) is 3.83. The molecule has 150 valence electrons. The topological polar surface area (TPSA) is 59.0 Å². The first-order chi connectivity index (χ1) is 13.3. The molecule has 0 spiro atoms. The van der Waals surface area contributed by atoms with Crippen molar-refractivity contribution < 1.29 is 4.74 Å². The van der Waals surface area contributed by atoms with Crippen molar-refractivity contribution >= 4 is 12.4 Å². The average molecular weight is 402 g/mol. The van der Waals surface area contributed by atoms with E-state index in [2.05, 4.69) is 24.6 Å². The summed E-state index contributed by atoms with van der Waals surface area (Å²) in [4.78, 5) is 6.98. The molecule has 0 saturated carbocycles. The molecule has 1 N–H and O–H groups in total. The number of aryl methyl sites for hydroxylation is 1. The molecule has 1 aliphatic rings. The number of nitrogens with zero attached hydrogens (tertiary/aromatic N) is 4. The van der Waals surface area contributed by atoms with Gasteiger partial charge in [-0.1, -0.05) is 6.42 Å². The number of piperidine rings is 1. The Hall–Kier alpha value is -2.31. The van der Waals surface area contributed by atoms with E-state index in [-0.39, 0.29) is 12.4 Å². The van der Waals surface area contributed by atoms with Crippen molar-refractivity contribution in [2.45, 2.75) is 32.2 Å². The molecule has 1 aliphatic heterocycles. The lowest BCUT2D eigenvalue weighted by Crippen LogP contribution is -2.31. The first kappa shape index (κ1) is 20.4. The van der Waals surface area contributed by atoms with Crippen LogP contribution in [0.3, 0.4) is 0 Å². The second kappa shape index (κ2) is 9.75. The van der Waals surface area contributed by atoms with Crippen LogP contribution in [0.4, 0.5) is 0 Å². The van der Waals surface area contributed by atoms with Gasteiger partial charge < -0.3 is 14.2 Å². The summed E-state index contributed by atoms with van der Waals surface area (Å²) < 4.78 is 7.50. The molecule has 0 atom stereocenters. The summed E-state index contributed by atoms with van der Waals surface area (Å²) in [5.74, 6) is 0.850. The zero-order valence-electron chi connectivity index (χ0n) is 16.3. The first-order valence-electron chi connectivity index (χ1n) is 9.76. The molecule has 2 aromatic heterocycles. The third kappa shape index (κ3) is 4.56. The van der Waals surface area contributed by atoms with Gasteiger partial charge in [-0.2, -0.15) is 5.10 Å². The number of halogens is 1. The molecular formula is C21H28ClN5O. The maximum Gasteiger partial charge on any atom is 0.118 e. The van der Waals surface area contributed by atoms with Crippen molar-refractivity contribution in [1.29, 1.82) is 0 Å². The van der Waals surface area contributed by atoms with Gasteiger partial charge in [-0.25, -0.2) is 4.98 Å². The highest BCUT2D eigenvalue weighted by Crippen LogP contribution is 2.31. The van der Waals surface area contributed by atoms with E-state index >= 15 is 0 Å². The maximum absolute atomic E-state index is 5.26. The van der Waals surface area contributed by atoms with E-state index in [1.807, 2.05) is 43.0 Å². The molecule has 7 heteroatoms. The van der Waals surface area contributed by atoms with Gasteiger partial charge in [-0.05, 0) is 63.2 Å². The molecule has 0 unspecified atom stereocenters. The number of nitrogens with one attached hydrogen (secondary N) is 1. The lowest BCUT2D eigenvalue weighted by molar-refractivity contribution is 0.223. The molecule has 28 heavy (non-hydrogen) atoms. The third-order valence-corrected chi connectivity index (χ3v) is 5.33. The first-order valence-corrected chi connectivity index (χ1v) is 9.76. The van der Waals surface area contributed by atoms with E-state index < -0.39 is 0 Å². The number of hydrogen-bond acceptors (Lipinski definition) is 4. The van der Waals surface area contributed by atoms with Crippen molar-refractivity contribution in [3.05, 3.63) is 43.0 Å². The highest BCUT2D eigenvalue weighted by molar-refractivity contribution is 5.85. The van der Waals surface area contributed by atoms with Crippen LogP contribution >= 0.6 is 12.4 Å². The molecule has 0 amide bonds. The van der Waals surface area contributed by atoms with Crippen LogP contribution in [-0.4, -0.2) is 51.4 Å². The molecule has 1 fully saturated rings. The number of rotatable bonds is 7. The third-order valence-electron chi connectivity index (χ3n) is 5.33. The van der Waals surface area contributed by atoms with Gasteiger partial charge in [-0.3, -0.25) is 5.10 Å². The Morgan fingerprint density at radius 1 is 1.04 bits per heavy atom. The Morgan fingerprint density at radius 3 is 2.57 bits per heavy atom. The second-order valence-electron chi connectivity index (χ2n) is 7.12. The lowest BCUT2D eigenvalue weighted by Gasteiger charge is -2.26. The second-order valence-corrected chi connectivity index (χ2v) is 7.12. The Balaban J connectivity index is 0.00000225. The highest BCUT2D eigenvalue weighted by atomic mass is 35.5. The average Bonchev–Trinajstić information content (AvgIpc) is 3.38. The van der Waals surface area contributed by atoms with E-state index in [0.717, 1.165) is 47.8 Å². The number of ether oxygens (including phenoxy) is 1. The Bertz CT molecular complexity index is 852. The van der Waals surface area contributed by atoms with E-state index in [1.54, 1.807) is 7.11 Å². The van der Waals surface area contributed by atoms with Crippen LogP contribution in [0.25, 0.3) is 22.5 Å². The van der Waals surface area contributed by atoms with Crippen LogP contribution in [0.5, 0.6) is 5.75 Å². The largest absolute Gasteiger partial charge is 0.497 e. The van der Waals surface area contributed by atoms with Crippen molar-refractivity contribution in [3.8, 4) is 28.3 Å². The van der Waals surface area contributed by atoms with E-state index in [1.165, 1.54) is 32.4 Å².